The number of amides is 1. The Morgan fingerprint density at radius 2 is 2.00 bits per heavy atom. The maximum Gasteiger partial charge on any atom is 0.573 e. The molecule has 2 heterocycles. The number of nitrogens with zero attached hydrogens (tertiary/aromatic N) is 1. The molecule has 1 aliphatic rings. The van der Waals surface area contributed by atoms with Crippen LogP contribution in [0.2, 0.25) is 5.02 Å². The van der Waals surface area contributed by atoms with E-state index in [1.165, 1.54) is 24.3 Å². The molecule has 176 valence electrons. The third kappa shape index (κ3) is 6.05. The van der Waals surface area contributed by atoms with Gasteiger partial charge in [-0.1, -0.05) is 11.6 Å². The molecule has 0 saturated carbocycles. The van der Waals surface area contributed by atoms with Gasteiger partial charge in [0.15, 0.2) is 18.2 Å². The largest absolute Gasteiger partial charge is 0.573 e. The van der Waals surface area contributed by atoms with Gasteiger partial charge in [-0.2, -0.15) is 0 Å². The molecule has 4 rings (SSSR count). The number of oxazole rings is 1. The average molecular weight is 489 g/mol. The van der Waals surface area contributed by atoms with Gasteiger partial charge in [0, 0.05) is 18.6 Å². The first-order valence-corrected chi connectivity index (χ1v) is 10.4. The number of fused-ring (bicyclic) bond motifs is 1. The normalized spacial score (nSPS) is 18.8. The number of rotatable bonds is 6. The number of piperidine rings is 1. The van der Waals surface area contributed by atoms with E-state index in [1.54, 1.807) is 0 Å². The average Bonchev–Trinajstić information content (AvgIpc) is 3.17. The fourth-order valence-corrected chi connectivity index (χ4v) is 3.68. The molecular formula is C21H19ClF4N3O4+. The molecule has 0 spiro atoms. The van der Waals surface area contributed by atoms with Gasteiger partial charge in [-0.3, -0.25) is 4.79 Å². The highest BCUT2D eigenvalue weighted by Crippen LogP contribution is 2.29. The topological polar surface area (TPSA) is 90.2 Å². The maximum atomic E-state index is 13.4. The van der Waals surface area contributed by atoms with Crippen molar-refractivity contribution >= 4 is 28.6 Å². The van der Waals surface area contributed by atoms with Crippen LogP contribution >= 0.6 is 11.6 Å². The Hall–Kier alpha value is -3.05. The molecule has 1 aromatic heterocycles. The summed E-state index contributed by atoms with van der Waals surface area (Å²) >= 11 is 5.61. The monoisotopic (exact) mass is 488 g/mol. The fourth-order valence-electron chi connectivity index (χ4n) is 3.56. The molecule has 1 unspecified atom stereocenters. The van der Waals surface area contributed by atoms with Crippen LogP contribution in [-0.2, 0) is 4.79 Å². The number of alkyl halides is 3. The lowest BCUT2D eigenvalue weighted by Crippen LogP contribution is -2.90. The highest BCUT2D eigenvalue weighted by molar-refractivity contribution is 6.30. The maximum absolute atomic E-state index is 13.4. The summed E-state index contributed by atoms with van der Waals surface area (Å²) in [5, 5.41) is 4.77. The Bertz CT molecular complexity index is 1150. The standard InChI is InChI=1S/C21H18ClF4N3O4/c22-14-4-2-12(7-15(14)23)31-10-19(30)28-11-1-5-17(27-9-11)20-29-16-6-3-13(8-18(16)32-20)33-21(24,25)26/h2-4,6-8,11,17,27H,1,5,9-10H2,(H,28,30)/p+1/t11?,17-/m1/s1. The van der Waals surface area contributed by atoms with Crippen molar-refractivity contribution in [1.82, 2.24) is 10.3 Å². The number of nitrogens with one attached hydrogen (secondary N) is 1. The van der Waals surface area contributed by atoms with E-state index < -0.39 is 12.2 Å². The molecule has 2 atom stereocenters. The fraction of sp³-hybridized carbons (Fsp3) is 0.333. The van der Waals surface area contributed by atoms with Gasteiger partial charge in [-0.15, -0.1) is 13.2 Å². The second-order valence-corrected chi connectivity index (χ2v) is 7.92. The van der Waals surface area contributed by atoms with Crippen LogP contribution in [0.15, 0.2) is 40.8 Å². The Balaban J connectivity index is 1.28. The SMILES string of the molecule is O=C(COc1ccc(Cl)c(F)c1)NC1CC[C@H](c2nc3ccc(OC(F)(F)F)cc3o2)[NH2+]C1. The number of carbonyl (C=O) groups excluding carboxylic acids is 1. The Morgan fingerprint density at radius 1 is 1.21 bits per heavy atom. The lowest BCUT2D eigenvalue weighted by Gasteiger charge is -2.25. The minimum atomic E-state index is -4.79. The number of nitrogens with two attached hydrogens (primary N) is 1. The van der Waals surface area contributed by atoms with Gasteiger partial charge in [-0.05, 0) is 30.7 Å². The summed E-state index contributed by atoms with van der Waals surface area (Å²) in [7, 11) is 0. The Morgan fingerprint density at radius 3 is 2.70 bits per heavy atom. The predicted molar refractivity (Wildman–Crippen MR) is 108 cm³/mol. The van der Waals surface area contributed by atoms with Crippen molar-refractivity contribution in [2.75, 3.05) is 13.2 Å². The van der Waals surface area contributed by atoms with E-state index in [-0.39, 0.29) is 46.7 Å². The van der Waals surface area contributed by atoms with Crippen LogP contribution in [0.4, 0.5) is 17.6 Å². The Kier molecular flexibility index (Phi) is 6.61. The van der Waals surface area contributed by atoms with Gasteiger partial charge in [0.25, 0.3) is 11.8 Å². The lowest BCUT2D eigenvalue weighted by atomic mass is 10.0. The summed E-state index contributed by atoms with van der Waals surface area (Å²) < 4.78 is 65.5. The van der Waals surface area contributed by atoms with Crippen LogP contribution in [0, 0.1) is 5.82 Å². The number of hydrogen-bond acceptors (Lipinski definition) is 5. The molecule has 0 radical (unpaired) electrons. The van der Waals surface area contributed by atoms with Crippen LogP contribution in [0.5, 0.6) is 11.5 Å². The molecule has 0 bridgehead atoms. The molecule has 1 saturated heterocycles. The quantitative estimate of drug-likeness (QED) is 0.519. The molecule has 1 fully saturated rings. The number of ether oxygens (including phenoxy) is 2. The van der Waals surface area contributed by atoms with Gasteiger partial charge >= 0.3 is 6.36 Å². The smallest absolute Gasteiger partial charge is 0.484 e. The second-order valence-electron chi connectivity index (χ2n) is 7.51. The first-order chi connectivity index (χ1) is 15.7. The van der Waals surface area contributed by atoms with Gasteiger partial charge in [0.1, 0.15) is 22.8 Å². The number of hydrogen-bond donors (Lipinski definition) is 2. The summed E-state index contributed by atoms with van der Waals surface area (Å²) in [5.41, 5.74) is 0.630. The van der Waals surface area contributed by atoms with Crippen LogP contribution in [-0.4, -0.2) is 36.4 Å². The van der Waals surface area contributed by atoms with Crippen LogP contribution in [0.25, 0.3) is 11.1 Å². The number of quaternary nitrogens is 1. The minimum absolute atomic E-state index is 0.0341. The molecule has 1 aliphatic heterocycles. The van der Waals surface area contributed by atoms with Crippen molar-refractivity contribution in [3.05, 3.63) is 53.1 Å². The van der Waals surface area contributed by atoms with Gasteiger partial charge < -0.3 is 24.5 Å². The highest BCUT2D eigenvalue weighted by atomic mass is 35.5. The molecule has 7 nitrogen and oxygen atoms in total. The Labute approximate surface area is 190 Å². The zero-order chi connectivity index (χ0) is 23.6. The van der Waals surface area contributed by atoms with Gasteiger partial charge in [0.2, 0.25) is 0 Å². The van der Waals surface area contributed by atoms with Crippen LogP contribution in [0.1, 0.15) is 24.8 Å². The van der Waals surface area contributed by atoms with Crippen molar-refractivity contribution in [2.45, 2.75) is 31.3 Å². The van der Waals surface area contributed by atoms with Crippen LogP contribution in [0.3, 0.4) is 0 Å². The van der Waals surface area contributed by atoms with Crippen molar-refractivity contribution in [2.24, 2.45) is 0 Å². The summed E-state index contributed by atoms with van der Waals surface area (Å²) in [6, 6.07) is 7.40. The van der Waals surface area contributed by atoms with E-state index in [2.05, 4.69) is 15.0 Å². The first-order valence-electron chi connectivity index (χ1n) is 10.0. The molecule has 2 aromatic carbocycles. The number of carbonyl (C=O) groups is 1. The van der Waals surface area contributed by atoms with E-state index in [9.17, 15) is 22.4 Å². The molecule has 0 aliphatic carbocycles. The molecule has 3 aromatic rings. The van der Waals surface area contributed by atoms with E-state index in [1.807, 2.05) is 5.32 Å². The van der Waals surface area contributed by atoms with Crippen molar-refractivity contribution in [3.8, 4) is 11.5 Å². The predicted octanol–water partition coefficient (Wildman–Crippen LogP) is 3.48. The number of benzene rings is 2. The van der Waals surface area contributed by atoms with E-state index in [0.717, 1.165) is 12.1 Å². The molecular weight excluding hydrogens is 470 g/mol. The summed E-state index contributed by atoms with van der Waals surface area (Å²) in [4.78, 5) is 16.5. The second kappa shape index (κ2) is 9.44. The molecule has 1 amide bonds. The summed E-state index contributed by atoms with van der Waals surface area (Å²) in [6.07, 6.45) is -3.51. The third-order valence-electron chi connectivity index (χ3n) is 5.08. The third-order valence-corrected chi connectivity index (χ3v) is 5.39. The van der Waals surface area contributed by atoms with Crippen molar-refractivity contribution < 1.29 is 41.6 Å². The van der Waals surface area contributed by atoms with E-state index in [4.69, 9.17) is 20.8 Å². The minimum Gasteiger partial charge on any atom is -0.484 e. The zero-order valence-corrected chi connectivity index (χ0v) is 17.8. The first kappa shape index (κ1) is 23.1. The van der Waals surface area contributed by atoms with Gasteiger partial charge in [0.05, 0.1) is 17.6 Å². The summed E-state index contributed by atoms with van der Waals surface area (Å²) in [6.45, 7) is 0.279. The molecule has 33 heavy (non-hydrogen) atoms. The van der Waals surface area contributed by atoms with Crippen molar-refractivity contribution in [1.29, 1.82) is 0 Å². The number of halogens is 5. The number of aromatic nitrogens is 1. The van der Waals surface area contributed by atoms with Gasteiger partial charge in [-0.25, -0.2) is 9.37 Å². The van der Waals surface area contributed by atoms with Crippen LogP contribution < -0.4 is 20.1 Å². The molecule has 3 N–H and O–H groups in total. The van der Waals surface area contributed by atoms with E-state index >= 15 is 0 Å². The highest BCUT2D eigenvalue weighted by Gasteiger charge is 2.32. The summed E-state index contributed by atoms with van der Waals surface area (Å²) in [5.74, 6) is -0.766. The lowest BCUT2D eigenvalue weighted by molar-refractivity contribution is -0.708. The molecule has 12 heteroatoms. The zero-order valence-electron chi connectivity index (χ0n) is 17.0. The van der Waals surface area contributed by atoms with E-state index in [0.29, 0.717) is 30.8 Å². The van der Waals surface area contributed by atoms with Crippen molar-refractivity contribution in [3.63, 3.8) is 0 Å².